The van der Waals surface area contributed by atoms with Gasteiger partial charge in [-0.1, -0.05) is 25.8 Å². The first-order valence-electron chi connectivity index (χ1n) is 8.53. The second kappa shape index (κ2) is 11.4. The van der Waals surface area contributed by atoms with Gasteiger partial charge in [-0.25, -0.2) is 0 Å². The largest absolute Gasteiger partial charge is 0.493 e. The van der Waals surface area contributed by atoms with E-state index in [1.165, 1.54) is 25.7 Å². The van der Waals surface area contributed by atoms with Crippen molar-refractivity contribution in [3.8, 4) is 11.5 Å². The third-order valence-corrected chi connectivity index (χ3v) is 4.07. The maximum absolute atomic E-state index is 5.69. The first-order chi connectivity index (χ1) is 11.3. The summed E-state index contributed by atoms with van der Waals surface area (Å²) in [6.07, 6.45) is 6.07. The molecule has 1 aliphatic rings. The minimum absolute atomic E-state index is 0. The van der Waals surface area contributed by atoms with Gasteiger partial charge in [-0.15, -0.1) is 24.0 Å². The van der Waals surface area contributed by atoms with E-state index >= 15 is 0 Å². The van der Waals surface area contributed by atoms with Gasteiger partial charge in [0.15, 0.2) is 17.5 Å². The van der Waals surface area contributed by atoms with Crippen LogP contribution >= 0.6 is 24.0 Å². The summed E-state index contributed by atoms with van der Waals surface area (Å²) >= 11 is 0. The average Bonchev–Trinajstić information content (AvgIpc) is 3.10. The average molecular weight is 447 g/mol. The summed E-state index contributed by atoms with van der Waals surface area (Å²) in [6, 6.07) is 6.60. The Morgan fingerprint density at radius 2 is 2.00 bits per heavy atom. The molecule has 0 aromatic heterocycles. The van der Waals surface area contributed by atoms with Crippen LogP contribution in [0.5, 0.6) is 11.5 Å². The van der Waals surface area contributed by atoms with E-state index in [-0.39, 0.29) is 24.0 Å². The Labute approximate surface area is 162 Å². The molecule has 0 radical (unpaired) electrons. The number of ether oxygens (including phenoxy) is 2. The molecule has 6 heteroatoms. The molecule has 1 fully saturated rings. The maximum Gasteiger partial charge on any atom is 0.191 e. The smallest absolute Gasteiger partial charge is 0.191 e. The second-order valence-corrected chi connectivity index (χ2v) is 5.89. The Hall–Kier alpha value is -1.18. The van der Waals surface area contributed by atoms with E-state index in [1.807, 2.05) is 19.2 Å². The van der Waals surface area contributed by atoms with E-state index in [2.05, 4.69) is 28.6 Å². The van der Waals surface area contributed by atoms with Crippen molar-refractivity contribution in [2.75, 3.05) is 20.8 Å². The highest BCUT2D eigenvalue weighted by atomic mass is 127. The van der Waals surface area contributed by atoms with E-state index in [9.17, 15) is 0 Å². The van der Waals surface area contributed by atoms with Crippen molar-refractivity contribution in [2.24, 2.45) is 4.99 Å². The molecule has 1 aliphatic carbocycles. The first kappa shape index (κ1) is 20.9. The number of hydrogen-bond acceptors (Lipinski definition) is 3. The Morgan fingerprint density at radius 1 is 1.25 bits per heavy atom. The van der Waals surface area contributed by atoms with Crippen LogP contribution in [0, 0.1) is 0 Å². The van der Waals surface area contributed by atoms with Gasteiger partial charge in [-0.2, -0.15) is 0 Å². The zero-order chi connectivity index (χ0) is 16.5. The highest BCUT2D eigenvalue weighted by Crippen LogP contribution is 2.28. The van der Waals surface area contributed by atoms with Crippen molar-refractivity contribution < 1.29 is 9.47 Å². The second-order valence-electron chi connectivity index (χ2n) is 5.89. The Bertz CT molecular complexity index is 517. The molecule has 0 amide bonds. The fraction of sp³-hybridized carbons (Fsp3) is 0.611. The molecule has 2 rings (SSSR count). The zero-order valence-corrected chi connectivity index (χ0v) is 17.3. The van der Waals surface area contributed by atoms with Crippen LogP contribution < -0.4 is 20.1 Å². The minimum Gasteiger partial charge on any atom is -0.493 e. The number of guanidine groups is 1. The van der Waals surface area contributed by atoms with Crippen LogP contribution in [0.4, 0.5) is 0 Å². The number of hydrogen-bond donors (Lipinski definition) is 2. The number of nitrogens with zero attached hydrogens (tertiary/aromatic N) is 1. The molecule has 1 aromatic rings. The molecule has 0 saturated heterocycles. The van der Waals surface area contributed by atoms with Gasteiger partial charge in [-0.05, 0) is 37.0 Å². The van der Waals surface area contributed by atoms with E-state index in [0.29, 0.717) is 19.2 Å². The molecular weight excluding hydrogens is 417 g/mol. The Balaban J connectivity index is 0.00000288. The minimum atomic E-state index is 0. The van der Waals surface area contributed by atoms with Crippen molar-refractivity contribution in [1.82, 2.24) is 10.6 Å². The van der Waals surface area contributed by atoms with Gasteiger partial charge in [0.2, 0.25) is 0 Å². The molecule has 0 atom stereocenters. The number of benzene rings is 1. The lowest BCUT2D eigenvalue weighted by molar-refractivity contribution is 0.294. The standard InChI is InChI=1S/C18H29N3O2.HI/c1-4-11-23-16-10-9-14(12-17(16)22-3)13-20-18(19-2)21-15-7-5-6-8-15;/h9-10,12,15H,4-8,11,13H2,1-3H3,(H2,19,20,21);1H. The summed E-state index contributed by atoms with van der Waals surface area (Å²) in [6.45, 7) is 3.50. The van der Waals surface area contributed by atoms with Crippen LogP contribution in [-0.2, 0) is 6.54 Å². The van der Waals surface area contributed by atoms with Crippen LogP contribution in [0.15, 0.2) is 23.2 Å². The number of methoxy groups -OCH3 is 1. The van der Waals surface area contributed by atoms with Crippen molar-refractivity contribution in [3.05, 3.63) is 23.8 Å². The van der Waals surface area contributed by atoms with Crippen molar-refractivity contribution in [3.63, 3.8) is 0 Å². The summed E-state index contributed by atoms with van der Waals surface area (Å²) in [5, 5.41) is 6.86. The Kier molecular flexibility index (Phi) is 9.90. The quantitative estimate of drug-likeness (QED) is 0.380. The first-order valence-corrected chi connectivity index (χ1v) is 8.53. The Morgan fingerprint density at radius 3 is 2.62 bits per heavy atom. The summed E-state index contributed by atoms with van der Waals surface area (Å²) in [4.78, 5) is 4.31. The van der Waals surface area contributed by atoms with Gasteiger partial charge in [-0.3, -0.25) is 4.99 Å². The molecule has 0 spiro atoms. The molecule has 2 N–H and O–H groups in total. The SMILES string of the molecule is CCCOc1ccc(CNC(=NC)NC2CCCC2)cc1OC.I. The molecule has 0 aliphatic heterocycles. The van der Waals surface area contributed by atoms with Crippen LogP contribution in [0.2, 0.25) is 0 Å². The van der Waals surface area contributed by atoms with Crippen molar-refractivity contribution >= 4 is 29.9 Å². The molecular formula is C18H30IN3O2. The number of nitrogens with one attached hydrogen (secondary N) is 2. The van der Waals surface area contributed by atoms with E-state index in [4.69, 9.17) is 9.47 Å². The lowest BCUT2D eigenvalue weighted by atomic mass is 10.2. The predicted octanol–water partition coefficient (Wildman–Crippen LogP) is 3.71. The fourth-order valence-corrected chi connectivity index (χ4v) is 2.80. The fourth-order valence-electron chi connectivity index (χ4n) is 2.80. The highest BCUT2D eigenvalue weighted by Gasteiger charge is 2.15. The van der Waals surface area contributed by atoms with Gasteiger partial charge in [0.1, 0.15) is 0 Å². The lowest BCUT2D eigenvalue weighted by Crippen LogP contribution is -2.41. The third kappa shape index (κ3) is 6.37. The maximum atomic E-state index is 5.69. The zero-order valence-electron chi connectivity index (χ0n) is 14.9. The number of rotatable bonds is 7. The van der Waals surface area contributed by atoms with Crippen LogP contribution in [-0.4, -0.2) is 32.8 Å². The van der Waals surface area contributed by atoms with Crippen LogP contribution in [0.3, 0.4) is 0 Å². The number of aliphatic imine (C=N–C) groups is 1. The van der Waals surface area contributed by atoms with E-state index in [0.717, 1.165) is 29.4 Å². The van der Waals surface area contributed by atoms with Gasteiger partial charge in [0.05, 0.1) is 13.7 Å². The normalized spacial score (nSPS) is 14.9. The molecule has 24 heavy (non-hydrogen) atoms. The monoisotopic (exact) mass is 447 g/mol. The summed E-state index contributed by atoms with van der Waals surface area (Å²) in [5.74, 6) is 2.44. The van der Waals surface area contributed by atoms with E-state index in [1.54, 1.807) is 7.11 Å². The third-order valence-electron chi connectivity index (χ3n) is 4.07. The van der Waals surface area contributed by atoms with Gasteiger partial charge >= 0.3 is 0 Å². The topological polar surface area (TPSA) is 54.9 Å². The summed E-state index contributed by atoms with van der Waals surface area (Å²) in [7, 11) is 3.48. The number of halogens is 1. The highest BCUT2D eigenvalue weighted by molar-refractivity contribution is 14.0. The molecule has 0 bridgehead atoms. The van der Waals surface area contributed by atoms with Gasteiger partial charge in [0, 0.05) is 19.6 Å². The van der Waals surface area contributed by atoms with Crippen LogP contribution in [0.25, 0.3) is 0 Å². The molecule has 136 valence electrons. The predicted molar refractivity (Wildman–Crippen MR) is 110 cm³/mol. The van der Waals surface area contributed by atoms with Crippen LogP contribution in [0.1, 0.15) is 44.6 Å². The van der Waals surface area contributed by atoms with Crippen molar-refractivity contribution in [1.29, 1.82) is 0 Å². The molecule has 0 unspecified atom stereocenters. The molecule has 5 nitrogen and oxygen atoms in total. The van der Waals surface area contributed by atoms with E-state index < -0.39 is 0 Å². The lowest BCUT2D eigenvalue weighted by Gasteiger charge is -2.17. The summed E-state index contributed by atoms with van der Waals surface area (Å²) in [5.41, 5.74) is 1.14. The summed E-state index contributed by atoms with van der Waals surface area (Å²) < 4.78 is 11.1. The van der Waals surface area contributed by atoms with Crippen molar-refractivity contribution in [2.45, 2.75) is 51.6 Å². The molecule has 1 aromatic carbocycles. The van der Waals surface area contributed by atoms with Gasteiger partial charge in [0.25, 0.3) is 0 Å². The van der Waals surface area contributed by atoms with Gasteiger partial charge < -0.3 is 20.1 Å². The molecule has 0 heterocycles. The molecule has 1 saturated carbocycles.